The number of rotatable bonds is 5. The number of benzene rings is 2. The van der Waals surface area contributed by atoms with Crippen molar-refractivity contribution in [3.63, 3.8) is 0 Å². The van der Waals surface area contributed by atoms with Gasteiger partial charge in [-0.05, 0) is 44.2 Å². The molecule has 0 bridgehead atoms. The van der Waals surface area contributed by atoms with Gasteiger partial charge in [-0.1, -0.05) is 48.0 Å². The van der Waals surface area contributed by atoms with Gasteiger partial charge in [0.05, 0.1) is 12.0 Å². The predicted octanol–water partition coefficient (Wildman–Crippen LogP) is 4.14. The van der Waals surface area contributed by atoms with Crippen LogP contribution in [-0.2, 0) is 16.1 Å². The summed E-state index contributed by atoms with van der Waals surface area (Å²) in [7, 11) is 0. The van der Waals surface area contributed by atoms with Crippen LogP contribution >= 0.6 is 0 Å². The van der Waals surface area contributed by atoms with E-state index in [1.54, 1.807) is 18.2 Å². The van der Waals surface area contributed by atoms with Crippen molar-refractivity contribution in [1.29, 1.82) is 0 Å². The zero-order valence-electron chi connectivity index (χ0n) is 16.7. The maximum atomic E-state index is 13.8. The highest BCUT2D eigenvalue weighted by Crippen LogP contribution is 2.39. The minimum atomic E-state index is -0.318. The lowest BCUT2D eigenvalue weighted by atomic mass is 9.87. The number of hydrogen-bond acceptors (Lipinski definition) is 2. The second-order valence-corrected chi connectivity index (χ2v) is 8.28. The van der Waals surface area contributed by atoms with Crippen molar-refractivity contribution in [2.75, 3.05) is 6.54 Å². The molecule has 4 nitrogen and oxygen atoms in total. The summed E-state index contributed by atoms with van der Waals surface area (Å²) >= 11 is 0. The summed E-state index contributed by atoms with van der Waals surface area (Å²) < 4.78 is 13.8. The first-order valence-electron chi connectivity index (χ1n) is 10.4. The summed E-state index contributed by atoms with van der Waals surface area (Å²) in [5.74, 6) is -0.401. The molecule has 0 spiro atoms. The molecule has 2 unspecified atom stereocenters. The lowest BCUT2D eigenvalue weighted by molar-refractivity contribution is -0.140. The zero-order chi connectivity index (χ0) is 20.4. The monoisotopic (exact) mass is 394 g/mol. The fourth-order valence-corrected chi connectivity index (χ4v) is 4.19. The lowest BCUT2D eigenvalue weighted by Crippen LogP contribution is -2.47. The molecule has 4 rings (SSSR count). The van der Waals surface area contributed by atoms with Crippen molar-refractivity contribution < 1.29 is 14.0 Å². The van der Waals surface area contributed by atoms with Crippen LogP contribution in [-0.4, -0.2) is 23.3 Å². The second kappa shape index (κ2) is 8.36. The topological polar surface area (TPSA) is 49.4 Å². The molecule has 0 radical (unpaired) electrons. The Morgan fingerprint density at radius 3 is 2.52 bits per heavy atom. The van der Waals surface area contributed by atoms with Gasteiger partial charge in [0, 0.05) is 24.6 Å². The quantitative estimate of drug-likeness (QED) is 0.829. The number of halogens is 1. The van der Waals surface area contributed by atoms with Crippen LogP contribution in [0, 0.1) is 24.6 Å². The van der Waals surface area contributed by atoms with Crippen LogP contribution in [0.15, 0.2) is 48.5 Å². The van der Waals surface area contributed by atoms with Gasteiger partial charge in [-0.3, -0.25) is 9.59 Å². The van der Waals surface area contributed by atoms with Crippen molar-refractivity contribution in [2.45, 2.75) is 45.2 Å². The van der Waals surface area contributed by atoms with Crippen molar-refractivity contribution in [1.82, 2.24) is 10.2 Å². The Morgan fingerprint density at radius 1 is 1.03 bits per heavy atom. The summed E-state index contributed by atoms with van der Waals surface area (Å²) in [5, 5.41) is 2.86. The number of hydrogen-bond donors (Lipinski definition) is 1. The van der Waals surface area contributed by atoms with Gasteiger partial charge in [-0.25, -0.2) is 4.39 Å². The van der Waals surface area contributed by atoms with E-state index in [9.17, 15) is 14.0 Å². The number of nitrogens with one attached hydrogen (secondary N) is 1. The second-order valence-electron chi connectivity index (χ2n) is 8.28. The van der Waals surface area contributed by atoms with Crippen molar-refractivity contribution >= 4 is 11.8 Å². The molecule has 1 aliphatic heterocycles. The Balaban J connectivity index is 1.46. The van der Waals surface area contributed by atoms with Crippen molar-refractivity contribution in [3.05, 3.63) is 71.0 Å². The van der Waals surface area contributed by atoms with E-state index < -0.39 is 0 Å². The zero-order valence-corrected chi connectivity index (χ0v) is 16.7. The van der Waals surface area contributed by atoms with Crippen LogP contribution in [0.3, 0.4) is 0 Å². The van der Waals surface area contributed by atoms with Gasteiger partial charge < -0.3 is 10.2 Å². The molecule has 5 heteroatoms. The molecule has 1 saturated carbocycles. The van der Waals surface area contributed by atoms with Gasteiger partial charge >= 0.3 is 0 Å². The standard InChI is InChI=1S/C24H27FN2O2/c1-16-5-4-7-18(13-16)22-12-11-20(15-27(22)24(29)17-9-10-17)23(28)26-14-19-6-2-3-8-21(19)25/h2-8,13,17,20,22H,9-12,14-15H2,1H3,(H,26,28). The lowest BCUT2D eigenvalue weighted by Gasteiger charge is -2.40. The number of likely N-dealkylation sites (tertiary alicyclic amines) is 1. The van der Waals surface area contributed by atoms with Crippen LogP contribution in [0.2, 0.25) is 0 Å². The molecule has 2 aromatic rings. The molecular formula is C24H27FN2O2. The molecule has 2 aromatic carbocycles. The number of piperidine rings is 1. The predicted molar refractivity (Wildman–Crippen MR) is 109 cm³/mol. The molecule has 152 valence electrons. The highest BCUT2D eigenvalue weighted by Gasteiger charge is 2.41. The summed E-state index contributed by atoms with van der Waals surface area (Å²) in [5.41, 5.74) is 2.79. The Kier molecular flexibility index (Phi) is 5.65. The minimum Gasteiger partial charge on any atom is -0.352 e. The SMILES string of the molecule is Cc1cccc(C2CCC(C(=O)NCc3ccccc3F)CN2C(=O)C2CC2)c1. The summed E-state index contributed by atoms with van der Waals surface area (Å²) in [4.78, 5) is 27.6. The van der Waals surface area contributed by atoms with Crippen LogP contribution < -0.4 is 5.32 Å². The molecule has 1 N–H and O–H groups in total. The molecule has 1 heterocycles. The smallest absolute Gasteiger partial charge is 0.226 e. The van der Waals surface area contributed by atoms with Gasteiger partial charge in [0.15, 0.2) is 0 Å². The molecule has 1 saturated heterocycles. The molecule has 2 atom stereocenters. The summed E-state index contributed by atoms with van der Waals surface area (Å²) in [6.07, 6.45) is 3.37. The van der Waals surface area contributed by atoms with E-state index in [-0.39, 0.29) is 42.1 Å². The molecule has 0 aromatic heterocycles. The van der Waals surface area contributed by atoms with Crippen LogP contribution in [0.25, 0.3) is 0 Å². The molecule has 29 heavy (non-hydrogen) atoms. The van der Waals surface area contributed by atoms with Gasteiger partial charge in [-0.2, -0.15) is 0 Å². The first kappa shape index (κ1) is 19.6. The number of amides is 2. The molecule has 2 fully saturated rings. The Bertz CT molecular complexity index is 909. The number of aryl methyl sites for hydroxylation is 1. The maximum Gasteiger partial charge on any atom is 0.226 e. The van der Waals surface area contributed by atoms with Crippen LogP contribution in [0.4, 0.5) is 4.39 Å². The minimum absolute atomic E-state index is 0.0265. The third-order valence-corrected chi connectivity index (χ3v) is 6.00. The largest absolute Gasteiger partial charge is 0.352 e. The Hall–Kier alpha value is -2.69. The average molecular weight is 394 g/mol. The van der Waals surface area contributed by atoms with E-state index in [1.807, 2.05) is 11.0 Å². The number of nitrogens with zero attached hydrogens (tertiary/aromatic N) is 1. The summed E-state index contributed by atoms with van der Waals surface area (Å²) in [6, 6.07) is 14.8. The van der Waals surface area contributed by atoms with Gasteiger partial charge in [0.2, 0.25) is 11.8 Å². The van der Waals surface area contributed by atoms with Gasteiger partial charge in [0.25, 0.3) is 0 Å². The van der Waals surface area contributed by atoms with E-state index in [2.05, 4.69) is 30.4 Å². The fourth-order valence-electron chi connectivity index (χ4n) is 4.19. The van der Waals surface area contributed by atoms with Crippen LogP contribution in [0.1, 0.15) is 48.4 Å². The normalized spacial score (nSPS) is 21.7. The highest BCUT2D eigenvalue weighted by molar-refractivity contribution is 5.84. The number of carbonyl (C=O) groups is 2. The molecule has 1 aliphatic carbocycles. The average Bonchev–Trinajstić information content (AvgIpc) is 3.57. The van der Waals surface area contributed by atoms with E-state index in [0.29, 0.717) is 12.1 Å². The maximum absolute atomic E-state index is 13.8. The van der Waals surface area contributed by atoms with Crippen molar-refractivity contribution in [2.24, 2.45) is 11.8 Å². The Labute approximate surface area is 171 Å². The third-order valence-electron chi connectivity index (χ3n) is 6.00. The third kappa shape index (κ3) is 4.50. The molecule has 2 aliphatic rings. The number of carbonyl (C=O) groups excluding carboxylic acids is 2. The molecule has 2 amide bonds. The van der Waals surface area contributed by atoms with E-state index >= 15 is 0 Å². The van der Waals surface area contributed by atoms with Gasteiger partial charge in [-0.15, -0.1) is 0 Å². The highest BCUT2D eigenvalue weighted by atomic mass is 19.1. The summed E-state index contributed by atoms with van der Waals surface area (Å²) in [6.45, 7) is 2.65. The molecular weight excluding hydrogens is 367 g/mol. The first-order valence-corrected chi connectivity index (χ1v) is 10.4. The van der Waals surface area contributed by atoms with E-state index in [0.717, 1.165) is 31.2 Å². The van der Waals surface area contributed by atoms with Crippen molar-refractivity contribution in [3.8, 4) is 0 Å². The first-order chi connectivity index (χ1) is 14.0. The van der Waals surface area contributed by atoms with Gasteiger partial charge in [0.1, 0.15) is 5.82 Å². The van der Waals surface area contributed by atoms with E-state index in [4.69, 9.17) is 0 Å². The van der Waals surface area contributed by atoms with E-state index in [1.165, 1.54) is 11.6 Å². The Morgan fingerprint density at radius 2 is 1.79 bits per heavy atom. The van der Waals surface area contributed by atoms with Crippen LogP contribution in [0.5, 0.6) is 0 Å². The fraction of sp³-hybridized carbons (Fsp3) is 0.417.